The normalized spacial score (nSPS) is 10.9. The number of hydrogen-bond donors (Lipinski definition) is 2. The first-order chi connectivity index (χ1) is 17.0. The van der Waals surface area contributed by atoms with Crippen LogP contribution in [0.2, 0.25) is 0 Å². The number of benzene rings is 2. The summed E-state index contributed by atoms with van der Waals surface area (Å²) in [5.41, 5.74) is 2.63. The van der Waals surface area contributed by atoms with Crippen molar-refractivity contribution in [2.75, 3.05) is 10.6 Å². The lowest BCUT2D eigenvalue weighted by Gasteiger charge is -2.07. The Morgan fingerprint density at radius 3 is 2.57 bits per heavy atom. The number of fused-ring (bicyclic) bond motifs is 1. The Hall–Kier alpha value is -4.37. The minimum absolute atomic E-state index is 0.277. The Balaban J connectivity index is 1.33. The van der Waals surface area contributed by atoms with Crippen molar-refractivity contribution in [3.05, 3.63) is 107 Å². The van der Waals surface area contributed by atoms with E-state index in [0.717, 1.165) is 21.5 Å². The van der Waals surface area contributed by atoms with Crippen LogP contribution in [-0.2, 0) is 6.54 Å². The molecule has 3 heterocycles. The maximum Gasteiger partial charge on any atom is 0.265 e. The molecule has 2 N–H and O–H groups in total. The second-order valence-corrected chi connectivity index (χ2v) is 8.93. The van der Waals surface area contributed by atoms with E-state index < -0.39 is 0 Å². The fraction of sp³-hybridized carbons (Fsp3) is 0.0769. The van der Waals surface area contributed by atoms with Crippen molar-refractivity contribution in [2.45, 2.75) is 13.5 Å². The predicted molar refractivity (Wildman–Crippen MR) is 134 cm³/mol. The smallest absolute Gasteiger partial charge is 0.265 e. The van der Waals surface area contributed by atoms with E-state index in [1.807, 2.05) is 17.7 Å². The summed E-state index contributed by atoms with van der Waals surface area (Å²) in [5.74, 6) is -0.439. The number of halogens is 1. The van der Waals surface area contributed by atoms with Gasteiger partial charge in [-0.15, -0.1) is 11.3 Å². The molecule has 2 amide bonds. The van der Waals surface area contributed by atoms with Crippen LogP contribution in [0.5, 0.6) is 0 Å². The topological polar surface area (TPSA) is 88.9 Å². The summed E-state index contributed by atoms with van der Waals surface area (Å²) in [4.78, 5) is 31.0. The van der Waals surface area contributed by atoms with Crippen molar-refractivity contribution in [2.24, 2.45) is 0 Å². The van der Waals surface area contributed by atoms with Crippen molar-refractivity contribution in [3.63, 3.8) is 0 Å². The lowest BCUT2D eigenvalue weighted by Crippen LogP contribution is -2.14. The third kappa shape index (κ3) is 4.95. The molecule has 2 aromatic carbocycles. The van der Waals surface area contributed by atoms with Gasteiger partial charge in [-0.2, -0.15) is 5.10 Å². The fourth-order valence-electron chi connectivity index (χ4n) is 3.65. The van der Waals surface area contributed by atoms with Gasteiger partial charge in [0.25, 0.3) is 11.8 Å². The van der Waals surface area contributed by atoms with Gasteiger partial charge in [-0.25, -0.2) is 9.37 Å². The van der Waals surface area contributed by atoms with Crippen LogP contribution in [0, 0.1) is 12.7 Å². The van der Waals surface area contributed by atoms with Crippen LogP contribution in [0.15, 0.2) is 79.0 Å². The van der Waals surface area contributed by atoms with Gasteiger partial charge in [-0.05, 0) is 61.0 Å². The molecule has 0 spiro atoms. The third-order valence-electron chi connectivity index (χ3n) is 5.37. The number of hydrogen-bond acceptors (Lipinski definition) is 5. The highest BCUT2D eigenvalue weighted by Crippen LogP contribution is 2.29. The summed E-state index contributed by atoms with van der Waals surface area (Å²) < 4.78 is 15.1. The number of nitrogens with zero attached hydrogens (tertiary/aromatic N) is 3. The predicted octanol–water partition coefficient (Wildman–Crippen LogP) is 5.49. The second-order valence-electron chi connectivity index (χ2n) is 7.90. The largest absolute Gasteiger partial charge is 0.321 e. The zero-order valence-electron chi connectivity index (χ0n) is 18.7. The summed E-state index contributed by atoms with van der Waals surface area (Å²) in [6, 6.07) is 20.1. The Morgan fingerprint density at radius 1 is 0.971 bits per heavy atom. The Kier molecular flexibility index (Phi) is 6.07. The SMILES string of the molecule is Cc1nn(Cc2ccc(F)cc2)c2sc(C(=O)Nc3cccc(C(=O)Nc4ccccn4)c3)cc12. The maximum absolute atomic E-state index is 13.2. The van der Waals surface area contributed by atoms with E-state index >= 15 is 0 Å². The van der Waals surface area contributed by atoms with E-state index in [1.165, 1.54) is 23.5 Å². The van der Waals surface area contributed by atoms with Crippen LogP contribution in [0.25, 0.3) is 10.2 Å². The minimum Gasteiger partial charge on any atom is -0.321 e. The van der Waals surface area contributed by atoms with Gasteiger partial charge in [0.15, 0.2) is 0 Å². The summed E-state index contributed by atoms with van der Waals surface area (Å²) >= 11 is 1.33. The molecule has 174 valence electrons. The van der Waals surface area contributed by atoms with Gasteiger partial charge in [0, 0.05) is 22.8 Å². The van der Waals surface area contributed by atoms with Crippen LogP contribution < -0.4 is 10.6 Å². The molecule has 0 unspecified atom stereocenters. The van der Waals surface area contributed by atoms with Crippen molar-refractivity contribution in [1.29, 1.82) is 0 Å². The Morgan fingerprint density at radius 2 is 1.80 bits per heavy atom. The molecule has 3 aromatic heterocycles. The van der Waals surface area contributed by atoms with Gasteiger partial charge in [0.2, 0.25) is 0 Å². The first-order valence-electron chi connectivity index (χ1n) is 10.8. The van der Waals surface area contributed by atoms with Crippen LogP contribution >= 0.6 is 11.3 Å². The summed E-state index contributed by atoms with van der Waals surface area (Å²) in [7, 11) is 0. The molecule has 0 saturated carbocycles. The highest BCUT2D eigenvalue weighted by Gasteiger charge is 2.17. The number of carbonyl (C=O) groups excluding carboxylic acids is 2. The number of pyridine rings is 1. The monoisotopic (exact) mass is 485 g/mol. The number of aryl methyl sites for hydroxylation is 1. The van der Waals surface area contributed by atoms with E-state index in [1.54, 1.807) is 60.8 Å². The molecule has 0 saturated heterocycles. The van der Waals surface area contributed by atoms with Crippen LogP contribution in [0.4, 0.5) is 15.9 Å². The summed E-state index contributed by atoms with van der Waals surface area (Å²) in [6.45, 7) is 2.36. The van der Waals surface area contributed by atoms with Crippen LogP contribution in [-0.4, -0.2) is 26.6 Å². The number of nitrogens with one attached hydrogen (secondary N) is 2. The molecule has 0 fully saturated rings. The number of carbonyl (C=O) groups is 2. The molecule has 35 heavy (non-hydrogen) atoms. The van der Waals surface area contributed by atoms with E-state index in [4.69, 9.17) is 0 Å². The average Bonchev–Trinajstić information content (AvgIpc) is 3.42. The first kappa shape index (κ1) is 22.4. The van der Waals surface area contributed by atoms with Gasteiger partial charge < -0.3 is 10.6 Å². The highest BCUT2D eigenvalue weighted by atomic mass is 32.1. The van der Waals surface area contributed by atoms with E-state index in [2.05, 4.69) is 20.7 Å². The van der Waals surface area contributed by atoms with Gasteiger partial charge in [-0.3, -0.25) is 14.3 Å². The highest BCUT2D eigenvalue weighted by molar-refractivity contribution is 7.20. The standard InChI is InChI=1S/C26H20FN5O2S/c1-16-21-14-22(35-26(21)32(31-16)15-17-8-10-19(27)11-9-17)25(34)29-20-6-4-5-18(13-20)24(33)30-23-7-2-3-12-28-23/h2-14H,15H2,1H3,(H,29,34)(H,28,30,33). The molecule has 5 aromatic rings. The maximum atomic E-state index is 13.2. The van der Waals surface area contributed by atoms with E-state index in [9.17, 15) is 14.0 Å². The zero-order chi connectivity index (χ0) is 24.4. The lowest BCUT2D eigenvalue weighted by atomic mass is 10.2. The molecule has 7 nitrogen and oxygen atoms in total. The number of anilines is 2. The van der Waals surface area contributed by atoms with Crippen LogP contribution in [0.3, 0.4) is 0 Å². The molecule has 0 aliphatic heterocycles. The van der Waals surface area contributed by atoms with E-state index in [-0.39, 0.29) is 17.6 Å². The third-order valence-corrected chi connectivity index (χ3v) is 6.51. The molecule has 0 aliphatic carbocycles. The van der Waals surface area contributed by atoms with Gasteiger partial charge in [0.1, 0.15) is 16.5 Å². The van der Waals surface area contributed by atoms with Crippen LogP contribution in [0.1, 0.15) is 31.3 Å². The zero-order valence-corrected chi connectivity index (χ0v) is 19.5. The van der Waals surface area contributed by atoms with Gasteiger partial charge >= 0.3 is 0 Å². The first-order valence-corrected chi connectivity index (χ1v) is 11.6. The molecule has 0 radical (unpaired) electrons. The quantitative estimate of drug-likeness (QED) is 0.333. The minimum atomic E-state index is -0.321. The second kappa shape index (κ2) is 9.47. The summed E-state index contributed by atoms with van der Waals surface area (Å²) in [6.07, 6.45) is 1.60. The molecule has 0 bridgehead atoms. The van der Waals surface area contributed by atoms with Crippen molar-refractivity contribution in [3.8, 4) is 0 Å². The van der Waals surface area contributed by atoms with Crippen molar-refractivity contribution < 1.29 is 14.0 Å². The van der Waals surface area contributed by atoms with Crippen molar-refractivity contribution >= 4 is 44.9 Å². The molecular formula is C26H20FN5O2S. The number of rotatable bonds is 6. The van der Waals surface area contributed by atoms with Gasteiger partial charge in [0.05, 0.1) is 17.1 Å². The Bertz CT molecular complexity index is 1530. The van der Waals surface area contributed by atoms with Crippen molar-refractivity contribution in [1.82, 2.24) is 14.8 Å². The average molecular weight is 486 g/mol. The molecular weight excluding hydrogens is 465 g/mol. The summed E-state index contributed by atoms with van der Waals surface area (Å²) in [5, 5.41) is 11.1. The molecule has 5 rings (SSSR count). The van der Waals surface area contributed by atoms with Gasteiger partial charge in [-0.1, -0.05) is 24.3 Å². The molecule has 0 atom stereocenters. The fourth-order valence-corrected chi connectivity index (χ4v) is 4.71. The van der Waals surface area contributed by atoms with E-state index in [0.29, 0.717) is 28.5 Å². The molecule has 9 heteroatoms. The Labute approximate surface area is 204 Å². The molecule has 0 aliphatic rings. The number of thiophene rings is 1. The lowest BCUT2D eigenvalue weighted by molar-refractivity contribution is 0.101. The number of amides is 2. The number of aromatic nitrogens is 3.